The number of thiazole rings is 1. The van der Waals surface area contributed by atoms with Crippen molar-refractivity contribution in [3.05, 3.63) is 11.1 Å². The number of anilines is 1. The van der Waals surface area contributed by atoms with E-state index in [9.17, 15) is 0 Å². The van der Waals surface area contributed by atoms with Gasteiger partial charge in [-0.15, -0.1) is 11.3 Å². The van der Waals surface area contributed by atoms with Crippen LogP contribution in [0, 0.1) is 5.92 Å². The molecule has 0 bridgehead atoms. The first kappa shape index (κ1) is 13.5. The largest absolute Gasteiger partial charge is 0.350 e. The molecule has 16 heavy (non-hydrogen) atoms. The number of hydrogen-bond acceptors (Lipinski definition) is 4. The van der Waals surface area contributed by atoms with Crippen LogP contribution in [0.25, 0.3) is 0 Å². The number of nitrogens with one attached hydrogen (secondary N) is 1. The van der Waals surface area contributed by atoms with Crippen molar-refractivity contribution in [1.82, 2.24) is 10.3 Å². The van der Waals surface area contributed by atoms with Crippen LogP contribution in [0.3, 0.4) is 0 Å². The minimum absolute atomic E-state index is 0.719. The first-order valence-corrected chi connectivity index (χ1v) is 6.87. The van der Waals surface area contributed by atoms with Gasteiger partial charge in [-0.25, -0.2) is 4.98 Å². The molecule has 1 aromatic rings. The highest BCUT2D eigenvalue weighted by Gasteiger charge is 2.05. The molecule has 1 heterocycles. The molecule has 0 unspecified atom stereocenters. The van der Waals surface area contributed by atoms with Crippen molar-refractivity contribution in [2.45, 2.75) is 27.2 Å². The summed E-state index contributed by atoms with van der Waals surface area (Å²) in [5.41, 5.74) is 1.20. The van der Waals surface area contributed by atoms with Gasteiger partial charge in [-0.1, -0.05) is 20.8 Å². The lowest BCUT2D eigenvalue weighted by Crippen LogP contribution is -2.31. The van der Waals surface area contributed by atoms with E-state index in [2.05, 4.69) is 48.4 Å². The topological polar surface area (TPSA) is 28.2 Å². The molecule has 1 N–H and O–H groups in total. The Bertz CT molecular complexity index is 296. The van der Waals surface area contributed by atoms with E-state index in [1.807, 2.05) is 0 Å². The van der Waals surface area contributed by atoms with Gasteiger partial charge in [0.05, 0.1) is 5.69 Å². The second kappa shape index (κ2) is 6.86. The van der Waals surface area contributed by atoms with Crippen LogP contribution < -0.4 is 10.2 Å². The Labute approximate surface area is 103 Å². The molecule has 0 aromatic carbocycles. The molecule has 0 saturated carbocycles. The minimum Gasteiger partial charge on any atom is -0.350 e. The standard InChI is InChI=1S/C12H23N3S/c1-5-11-9-16-12(14-11)15(4)7-6-13-8-10(2)3/h9-10,13H,5-8H2,1-4H3. The van der Waals surface area contributed by atoms with E-state index >= 15 is 0 Å². The predicted molar refractivity (Wildman–Crippen MR) is 72.5 cm³/mol. The molecule has 0 spiro atoms. The third kappa shape index (κ3) is 4.49. The number of hydrogen-bond donors (Lipinski definition) is 1. The molecule has 3 nitrogen and oxygen atoms in total. The molecule has 0 aliphatic carbocycles. The van der Waals surface area contributed by atoms with Crippen molar-refractivity contribution in [1.29, 1.82) is 0 Å². The lowest BCUT2D eigenvalue weighted by molar-refractivity contribution is 0.554. The third-order valence-corrected chi connectivity index (χ3v) is 3.41. The summed E-state index contributed by atoms with van der Waals surface area (Å²) in [6, 6.07) is 0. The van der Waals surface area contributed by atoms with E-state index < -0.39 is 0 Å². The summed E-state index contributed by atoms with van der Waals surface area (Å²) < 4.78 is 0. The Balaban J connectivity index is 2.26. The van der Waals surface area contributed by atoms with Gasteiger partial charge in [-0.2, -0.15) is 0 Å². The van der Waals surface area contributed by atoms with Crippen LogP contribution in [0.1, 0.15) is 26.5 Å². The second-order valence-corrected chi connectivity index (χ2v) is 5.33. The van der Waals surface area contributed by atoms with Gasteiger partial charge in [0.2, 0.25) is 0 Å². The molecule has 0 aliphatic heterocycles. The first-order chi connectivity index (χ1) is 7.63. The fraction of sp³-hybridized carbons (Fsp3) is 0.750. The first-order valence-electron chi connectivity index (χ1n) is 5.99. The van der Waals surface area contributed by atoms with E-state index in [0.29, 0.717) is 0 Å². The van der Waals surface area contributed by atoms with E-state index in [0.717, 1.165) is 37.1 Å². The van der Waals surface area contributed by atoms with Crippen LogP contribution in [-0.2, 0) is 6.42 Å². The Morgan fingerprint density at radius 2 is 2.25 bits per heavy atom. The fourth-order valence-electron chi connectivity index (χ4n) is 1.37. The summed E-state index contributed by atoms with van der Waals surface area (Å²) in [5.74, 6) is 0.719. The molecule has 0 radical (unpaired) electrons. The molecule has 1 rings (SSSR count). The van der Waals surface area contributed by atoms with Gasteiger partial charge in [0.15, 0.2) is 5.13 Å². The minimum atomic E-state index is 0.719. The molecule has 0 atom stereocenters. The summed E-state index contributed by atoms with van der Waals surface area (Å²) in [7, 11) is 2.11. The van der Waals surface area contributed by atoms with Crippen molar-refractivity contribution in [2.75, 3.05) is 31.6 Å². The Morgan fingerprint density at radius 3 is 2.81 bits per heavy atom. The van der Waals surface area contributed by atoms with Gasteiger partial charge in [0.25, 0.3) is 0 Å². The zero-order chi connectivity index (χ0) is 12.0. The average Bonchev–Trinajstić information content (AvgIpc) is 2.72. The lowest BCUT2D eigenvalue weighted by Gasteiger charge is -2.16. The van der Waals surface area contributed by atoms with Crippen molar-refractivity contribution in [2.24, 2.45) is 5.92 Å². The van der Waals surface area contributed by atoms with Gasteiger partial charge in [0.1, 0.15) is 0 Å². The Hall–Kier alpha value is -0.610. The normalized spacial score (nSPS) is 11.1. The Morgan fingerprint density at radius 1 is 1.50 bits per heavy atom. The molecular formula is C12H23N3S. The van der Waals surface area contributed by atoms with E-state index in [-0.39, 0.29) is 0 Å². The molecule has 0 amide bonds. The maximum absolute atomic E-state index is 4.56. The number of aromatic nitrogens is 1. The predicted octanol–water partition coefficient (Wildman–Crippen LogP) is 2.39. The number of likely N-dealkylation sites (N-methyl/N-ethyl adjacent to an activating group) is 1. The van der Waals surface area contributed by atoms with Crippen LogP contribution in [-0.4, -0.2) is 31.7 Å². The van der Waals surface area contributed by atoms with Crippen LogP contribution in [0.5, 0.6) is 0 Å². The summed E-state index contributed by atoms with van der Waals surface area (Å²) in [5, 5.41) is 6.72. The molecule has 0 aliphatic rings. The van der Waals surface area contributed by atoms with Crippen molar-refractivity contribution in [3.8, 4) is 0 Å². The van der Waals surface area contributed by atoms with Crippen LogP contribution in [0.15, 0.2) is 5.38 Å². The van der Waals surface area contributed by atoms with Gasteiger partial charge in [0, 0.05) is 25.5 Å². The van der Waals surface area contributed by atoms with Crippen LogP contribution >= 0.6 is 11.3 Å². The highest BCUT2D eigenvalue weighted by atomic mass is 32.1. The Kier molecular flexibility index (Phi) is 5.77. The summed E-state index contributed by atoms with van der Waals surface area (Å²) >= 11 is 1.73. The average molecular weight is 241 g/mol. The zero-order valence-corrected chi connectivity index (χ0v) is 11.6. The van der Waals surface area contributed by atoms with Gasteiger partial charge < -0.3 is 10.2 Å². The summed E-state index contributed by atoms with van der Waals surface area (Å²) in [4.78, 5) is 6.78. The van der Waals surface area contributed by atoms with Gasteiger partial charge in [-0.3, -0.25) is 0 Å². The number of rotatable bonds is 7. The van der Waals surface area contributed by atoms with Crippen molar-refractivity contribution < 1.29 is 0 Å². The van der Waals surface area contributed by atoms with E-state index in [1.165, 1.54) is 5.69 Å². The monoisotopic (exact) mass is 241 g/mol. The quantitative estimate of drug-likeness (QED) is 0.743. The second-order valence-electron chi connectivity index (χ2n) is 4.49. The molecular weight excluding hydrogens is 218 g/mol. The fourth-order valence-corrected chi connectivity index (χ4v) is 2.27. The molecule has 1 aromatic heterocycles. The summed E-state index contributed by atoms with van der Waals surface area (Å²) in [6.45, 7) is 9.73. The molecule has 0 saturated heterocycles. The smallest absolute Gasteiger partial charge is 0.185 e. The van der Waals surface area contributed by atoms with Crippen molar-refractivity contribution >= 4 is 16.5 Å². The number of nitrogens with zero attached hydrogens (tertiary/aromatic N) is 2. The van der Waals surface area contributed by atoms with Crippen molar-refractivity contribution in [3.63, 3.8) is 0 Å². The number of aryl methyl sites for hydroxylation is 1. The van der Waals surface area contributed by atoms with Gasteiger partial charge in [-0.05, 0) is 18.9 Å². The van der Waals surface area contributed by atoms with Crippen LogP contribution in [0.4, 0.5) is 5.13 Å². The lowest BCUT2D eigenvalue weighted by atomic mass is 10.2. The highest BCUT2D eigenvalue weighted by molar-refractivity contribution is 7.13. The molecule has 4 heteroatoms. The van der Waals surface area contributed by atoms with Crippen LogP contribution in [0.2, 0.25) is 0 Å². The maximum Gasteiger partial charge on any atom is 0.185 e. The summed E-state index contributed by atoms with van der Waals surface area (Å²) in [6.07, 6.45) is 1.02. The molecule has 92 valence electrons. The molecule has 0 fully saturated rings. The highest BCUT2D eigenvalue weighted by Crippen LogP contribution is 2.18. The SMILES string of the molecule is CCc1csc(N(C)CCNCC(C)C)n1. The van der Waals surface area contributed by atoms with Gasteiger partial charge >= 0.3 is 0 Å². The third-order valence-electron chi connectivity index (χ3n) is 2.40. The maximum atomic E-state index is 4.56. The van der Waals surface area contributed by atoms with E-state index in [1.54, 1.807) is 11.3 Å². The van der Waals surface area contributed by atoms with E-state index in [4.69, 9.17) is 0 Å². The zero-order valence-electron chi connectivity index (χ0n) is 10.8.